The van der Waals surface area contributed by atoms with Crippen LogP contribution in [0, 0.1) is 0 Å². The van der Waals surface area contributed by atoms with Crippen molar-refractivity contribution in [3.8, 4) is 11.1 Å². The van der Waals surface area contributed by atoms with Crippen molar-refractivity contribution in [1.29, 1.82) is 0 Å². The van der Waals surface area contributed by atoms with Gasteiger partial charge in [-0.1, -0.05) is 54.6 Å². The maximum Gasteiger partial charge on any atom is 0.318 e. The highest BCUT2D eigenvalue weighted by molar-refractivity contribution is 5.83. The van der Waals surface area contributed by atoms with Crippen LogP contribution < -0.4 is 0 Å². The molecule has 0 aliphatic rings. The Morgan fingerprint density at radius 2 is 1.73 bits per heavy atom. The zero-order chi connectivity index (χ0) is 15.9. The van der Waals surface area contributed by atoms with Crippen LogP contribution in [0.4, 0.5) is 0 Å². The number of hydrogen-bond donors (Lipinski definition) is 1. The van der Waals surface area contributed by atoms with E-state index in [1.807, 2.05) is 54.6 Å². The Bertz CT molecular complexity index is 609. The minimum absolute atomic E-state index is 0.308. The van der Waals surface area contributed by atoms with Gasteiger partial charge in [0.2, 0.25) is 0 Å². The average Bonchev–Trinajstić information content (AvgIpc) is 2.56. The maximum absolute atomic E-state index is 12.2. The first-order chi connectivity index (χ1) is 10.7. The third kappa shape index (κ3) is 3.53. The average molecular weight is 300 g/mol. The van der Waals surface area contributed by atoms with Gasteiger partial charge in [0.1, 0.15) is 5.92 Å². The number of aliphatic hydroxyl groups is 1. The van der Waals surface area contributed by atoms with Crippen molar-refractivity contribution in [3.05, 3.63) is 60.2 Å². The summed E-state index contributed by atoms with van der Waals surface area (Å²) in [7, 11) is 1.30. The monoisotopic (exact) mass is 300 g/mol. The standard InChI is InChI=1S/C18H20O4/c1-3-22-18(20)16(17(19)21-2)15-12-8-7-11-14(15)13-9-5-4-6-10-13/h4-12,16,18,20H,3H2,1-2H3. The summed E-state index contributed by atoms with van der Waals surface area (Å²) in [5, 5.41) is 10.2. The Hall–Kier alpha value is -2.17. The molecule has 4 heteroatoms. The van der Waals surface area contributed by atoms with Crippen molar-refractivity contribution in [3.63, 3.8) is 0 Å². The van der Waals surface area contributed by atoms with Crippen LogP contribution in [0.2, 0.25) is 0 Å². The number of ether oxygens (including phenoxy) is 2. The van der Waals surface area contributed by atoms with Gasteiger partial charge in [-0.25, -0.2) is 0 Å². The molecular formula is C18H20O4. The van der Waals surface area contributed by atoms with Gasteiger partial charge < -0.3 is 14.6 Å². The van der Waals surface area contributed by atoms with Crippen LogP contribution in [0.1, 0.15) is 18.4 Å². The molecule has 2 atom stereocenters. The smallest absolute Gasteiger partial charge is 0.318 e. The number of esters is 1. The molecule has 0 radical (unpaired) electrons. The summed E-state index contributed by atoms with van der Waals surface area (Å²) in [5.41, 5.74) is 2.52. The molecule has 0 aromatic heterocycles. The fraction of sp³-hybridized carbons (Fsp3) is 0.278. The number of methoxy groups -OCH3 is 1. The molecule has 0 spiro atoms. The minimum Gasteiger partial charge on any atom is -0.468 e. The van der Waals surface area contributed by atoms with Crippen LogP contribution >= 0.6 is 0 Å². The molecule has 0 aliphatic heterocycles. The highest BCUT2D eigenvalue weighted by atomic mass is 16.6. The normalized spacial score (nSPS) is 13.4. The second-order valence-corrected chi connectivity index (χ2v) is 4.80. The molecule has 2 unspecified atom stereocenters. The molecular weight excluding hydrogens is 280 g/mol. The summed E-state index contributed by atoms with van der Waals surface area (Å²) in [6, 6.07) is 17.2. The molecule has 0 heterocycles. The van der Waals surface area contributed by atoms with Gasteiger partial charge in [-0.3, -0.25) is 4.79 Å². The third-order valence-corrected chi connectivity index (χ3v) is 3.46. The first kappa shape index (κ1) is 16.2. The van der Waals surface area contributed by atoms with Gasteiger partial charge in [0.25, 0.3) is 0 Å². The Kier molecular flexibility index (Phi) is 5.69. The Labute approximate surface area is 130 Å². The molecule has 0 fully saturated rings. The van der Waals surface area contributed by atoms with Gasteiger partial charge in [0.15, 0.2) is 6.29 Å². The number of carbonyl (C=O) groups is 1. The molecule has 2 aromatic rings. The predicted octanol–water partition coefficient (Wildman–Crippen LogP) is 2.97. The first-order valence-electron chi connectivity index (χ1n) is 7.20. The zero-order valence-corrected chi connectivity index (χ0v) is 12.7. The van der Waals surface area contributed by atoms with Crippen LogP contribution in [0.15, 0.2) is 54.6 Å². The summed E-state index contributed by atoms with van der Waals surface area (Å²) in [4.78, 5) is 12.2. The SMILES string of the molecule is CCOC(O)C(C(=O)OC)c1ccccc1-c1ccccc1. The molecule has 2 aromatic carbocycles. The predicted molar refractivity (Wildman–Crippen MR) is 84.3 cm³/mol. The van der Waals surface area contributed by atoms with Crippen molar-refractivity contribution >= 4 is 5.97 Å². The van der Waals surface area contributed by atoms with Crippen LogP contribution in [-0.2, 0) is 14.3 Å². The van der Waals surface area contributed by atoms with Gasteiger partial charge in [0, 0.05) is 6.61 Å². The van der Waals surface area contributed by atoms with E-state index >= 15 is 0 Å². The van der Waals surface area contributed by atoms with Crippen molar-refractivity contribution < 1.29 is 19.4 Å². The third-order valence-electron chi connectivity index (χ3n) is 3.46. The second-order valence-electron chi connectivity index (χ2n) is 4.80. The summed E-state index contributed by atoms with van der Waals surface area (Å²) in [6.07, 6.45) is -1.25. The first-order valence-corrected chi connectivity index (χ1v) is 7.20. The Balaban J connectivity index is 2.50. The topological polar surface area (TPSA) is 55.8 Å². The van der Waals surface area contributed by atoms with E-state index in [9.17, 15) is 9.90 Å². The molecule has 2 rings (SSSR count). The Morgan fingerprint density at radius 3 is 2.36 bits per heavy atom. The van der Waals surface area contributed by atoms with E-state index < -0.39 is 18.2 Å². The quantitative estimate of drug-likeness (QED) is 0.658. The number of carbonyl (C=O) groups excluding carboxylic acids is 1. The lowest BCUT2D eigenvalue weighted by Gasteiger charge is -2.23. The number of rotatable bonds is 6. The molecule has 0 saturated heterocycles. The van der Waals surface area contributed by atoms with Gasteiger partial charge in [-0.05, 0) is 23.6 Å². The van der Waals surface area contributed by atoms with Gasteiger partial charge in [-0.15, -0.1) is 0 Å². The molecule has 116 valence electrons. The van der Waals surface area contributed by atoms with Crippen LogP contribution in [0.5, 0.6) is 0 Å². The number of hydrogen-bond acceptors (Lipinski definition) is 4. The van der Waals surface area contributed by atoms with Gasteiger partial charge in [-0.2, -0.15) is 0 Å². The number of aliphatic hydroxyl groups excluding tert-OH is 1. The van der Waals surface area contributed by atoms with E-state index in [2.05, 4.69) is 0 Å². The highest BCUT2D eigenvalue weighted by Gasteiger charge is 2.32. The fourth-order valence-corrected chi connectivity index (χ4v) is 2.44. The lowest BCUT2D eigenvalue weighted by molar-refractivity contribution is -0.161. The molecule has 0 aliphatic carbocycles. The molecule has 1 N–H and O–H groups in total. The van der Waals surface area contributed by atoms with E-state index in [-0.39, 0.29) is 0 Å². The highest BCUT2D eigenvalue weighted by Crippen LogP contribution is 2.32. The molecule has 4 nitrogen and oxygen atoms in total. The lowest BCUT2D eigenvalue weighted by Crippen LogP contribution is -2.30. The molecule has 0 amide bonds. The maximum atomic E-state index is 12.2. The molecule has 22 heavy (non-hydrogen) atoms. The number of benzene rings is 2. The van der Waals surface area contributed by atoms with E-state index in [0.29, 0.717) is 12.2 Å². The van der Waals surface area contributed by atoms with Crippen molar-refractivity contribution in [2.24, 2.45) is 0 Å². The van der Waals surface area contributed by atoms with E-state index in [1.54, 1.807) is 6.92 Å². The van der Waals surface area contributed by atoms with E-state index in [4.69, 9.17) is 9.47 Å². The zero-order valence-electron chi connectivity index (χ0n) is 12.7. The summed E-state index contributed by atoms with van der Waals surface area (Å²) >= 11 is 0. The van der Waals surface area contributed by atoms with E-state index in [1.165, 1.54) is 7.11 Å². The fourth-order valence-electron chi connectivity index (χ4n) is 2.44. The second kappa shape index (κ2) is 7.73. The summed E-state index contributed by atoms with van der Waals surface area (Å²) in [6.45, 7) is 2.07. The van der Waals surface area contributed by atoms with Gasteiger partial charge in [0.05, 0.1) is 7.11 Å². The largest absolute Gasteiger partial charge is 0.468 e. The van der Waals surface area contributed by atoms with Crippen molar-refractivity contribution in [1.82, 2.24) is 0 Å². The molecule has 0 bridgehead atoms. The summed E-state index contributed by atoms with van der Waals surface area (Å²) < 4.78 is 10.1. The van der Waals surface area contributed by atoms with Crippen LogP contribution in [0.3, 0.4) is 0 Å². The van der Waals surface area contributed by atoms with E-state index in [0.717, 1.165) is 11.1 Å². The van der Waals surface area contributed by atoms with Crippen LogP contribution in [-0.4, -0.2) is 31.1 Å². The lowest BCUT2D eigenvalue weighted by atomic mass is 9.90. The van der Waals surface area contributed by atoms with Crippen molar-refractivity contribution in [2.45, 2.75) is 19.1 Å². The Morgan fingerprint density at radius 1 is 1.09 bits per heavy atom. The van der Waals surface area contributed by atoms with Crippen molar-refractivity contribution in [2.75, 3.05) is 13.7 Å². The van der Waals surface area contributed by atoms with Crippen LogP contribution in [0.25, 0.3) is 11.1 Å². The summed E-state index contributed by atoms with van der Waals surface area (Å²) in [5.74, 6) is -1.41. The minimum atomic E-state index is -1.25. The van der Waals surface area contributed by atoms with Gasteiger partial charge >= 0.3 is 5.97 Å². The molecule has 0 saturated carbocycles.